The molecule has 9 nitrogen and oxygen atoms in total. The van der Waals surface area contributed by atoms with Crippen molar-refractivity contribution < 1.29 is 28.7 Å². The molecular formula is C32H37BClN3O6. The molecule has 2 heterocycles. The standard InChI is InChI=1S/C32H37BClN3O6/c1-21-24(8-6-9-26(21)33-42-31(2,3)32(4,5)43-33)20-41-29-14-28(40-19-23-12-22(15-35)16-37-17-23)25(13-27(29)34)18-36-11-7-10-30(38)39/h6,8-9,12-14,16-17,36H,7,10-11,18-20H2,1-5H3,(H,38,39). The van der Waals surface area contributed by atoms with E-state index in [4.69, 9.17) is 35.5 Å². The highest BCUT2D eigenvalue weighted by Crippen LogP contribution is 2.37. The van der Waals surface area contributed by atoms with Crippen molar-refractivity contribution in [2.75, 3.05) is 6.54 Å². The van der Waals surface area contributed by atoms with E-state index in [2.05, 4.69) is 16.4 Å². The number of nitriles is 1. The predicted molar refractivity (Wildman–Crippen MR) is 165 cm³/mol. The number of ether oxygens (including phenoxy) is 2. The van der Waals surface area contributed by atoms with Gasteiger partial charge in [-0.3, -0.25) is 9.78 Å². The summed E-state index contributed by atoms with van der Waals surface area (Å²) in [6.45, 7) is 11.5. The Morgan fingerprint density at radius 3 is 2.49 bits per heavy atom. The first-order valence-electron chi connectivity index (χ1n) is 14.2. The number of halogens is 1. The number of pyridine rings is 1. The van der Waals surface area contributed by atoms with E-state index in [9.17, 15) is 10.1 Å². The molecule has 11 heteroatoms. The van der Waals surface area contributed by atoms with Crippen LogP contribution in [0, 0.1) is 18.3 Å². The number of hydrogen-bond acceptors (Lipinski definition) is 8. The largest absolute Gasteiger partial charge is 0.495 e. The molecule has 0 spiro atoms. The summed E-state index contributed by atoms with van der Waals surface area (Å²) >= 11 is 6.67. The predicted octanol–water partition coefficient (Wildman–Crippen LogP) is 5.33. The van der Waals surface area contributed by atoms with Crippen LogP contribution in [0.25, 0.3) is 0 Å². The minimum absolute atomic E-state index is 0.0846. The Morgan fingerprint density at radius 2 is 1.79 bits per heavy atom. The fourth-order valence-corrected chi connectivity index (χ4v) is 4.82. The molecule has 0 amide bonds. The molecule has 2 aromatic carbocycles. The van der Waals surface area contributed by atoms with Gasteiger partial charge in [-0.1, -0.05) is 29.8 Å². The number of carbonyl (C=O) groups is 1. The zero-order valence-corrected chi connectivity index (χ0v) is 26.0. The first-order chi connectivity index (χ1) is 20.4. The summed E-state index contributed by atoms with van der Waals surface area (Å²) in [5.74, 6) is 0.172. The normalized spacial score (nSPS) is 15.2. The Kier molecular flexibility index (Phi) is 10.4. The maximum absolute atomic E-state index is 10.8. The van der Waals surface area contributed by atoms with Crippen molar-refractivity contribution in [1.82, 2.24) is 10.3 Å². The molecule has 1 aliphatic rings. The number of benzene rings is 2. The molecule has 0 bridgehead atoms. The number of hydrogen-bond donors (Lipinski definition) is 2. The molecule has 0 radical (unpaired) electrons. The van der Waals surface area contributed by atoms with Crippen LogP contribution in [-0.4, -0.2) is 40.9 Å². The summed E-state index contributed by atoms with van der Waals surface area (Å²) in [5.41, 5.74) is 4.02. The third-order valence-electron chi connectivity index (χ3n) is 7.87. The second-order valence-corrected chi connectivity index (χ2v) is 12.0. The molecule has 0 atom stereocenters. The molecule has 226 valence electrons. The third kappa shape index (κ3) is 8.06. The summed E-state index contributed by atoms with van der Waals surface area (Å²) < 4.78 is 24.9. The zero-order valence-electron chi connectivity index (χ0n) is 25.2. The SMILES string of the molecule is Cc1c(COc2cc(OCc3cncc(C#N)c3)c(CNCCCC(=O)O)cc2Cl)cccc1B1OC(C)(C)C(C)(C)O1. The highest BCUT2D eigenvalue weighted by Gasteiger charge is 2.52. The summed E-state index contributed by atoms with van der Waals surface area (Å²) in [5, 5.41) is 21.8. The molecule has 0 unspecified atom stereocenters. The van der Waals surface area contributed by atoms with Gasteiger partial charge in [-0.15, -0.1) is 0 Å². The van der Waals surface area contributed by atoms with Gasteiger partial charge in [-0.05, 0) is 76.3 Å². The lowest BCUT2D eigenvalue weighted by Crippen LogP contribution is -2.41. The Bertz CT molecular complexity index is 1490. The van der Waals surface area contributed by atoms with Crippen molar-refractivity contribution in [3.05, 3.63) is 81.6 Å². The lowest BCUT2D eigenvalue weighted by Gasteiger charge is -2.32. The van der Waals surface area contributed by atoms with Gasteiger partial charge in [-0.2, -0.15) is 5.26 Å². The van der Waals surface area contributed by atoms with Crippen molar-refractivity contribution in [3.63, 3.8) is 0 Å². The molecule has 0 aliphatic carbocycles. The van der Waals surface area contributed by atoms with E-state index in [1.807, 2.05) is 52.8 Å². The van der Waals surface area contributed by atoms with E-state index in [-0.39, 0.29) is 19.6 Å². The second-order valence-electron chi connectivity index (χ2n) is 11.6. The van der Waals surface area contributed by atoms with Crippen molar-refractivity contribution in [2.24, 2.45) is 0 Å². The number of nitrogens with zero attached hydrogens (tertiary/aromatic N) is 2. The van der Waals surface area contributed by atoms with Gasteiger partial charge in [0, 0.05) is 42.6 Å². The van der Waals surface area contributed by atoms with Gasteiger partial charge in [0.25, 0.3) is 0 Å². The molecule has 1 aromatic heterocycles. The molecule has 1 aliphatic heterocycles. The van der Waals surface area contributed by atoms with Crippen LogP contribution in [0.3, 0.4) is 0 Å². The van der Waals surface area contributed by atoms with Crippen LogP contribution in [0.5, 0.6) is 11.5 Å². The third-order valence-corrected chi connectivity index (χ3v) is 8.17. The van der Waals surface area contributed by atoms with Crippen molar-refractivity contribution >= 4 is 30.2 Å². The van der Waals surface area contributed by atoms with Crippen LogP contribution in [0.15, 0.2) is 48.8 Å². The van der Waals surface area contributed by atoms with Gasteiger partial charge in [0.05, 0.1) is 21.8 Å². The van der Waals surface area contributed by atoms with Crippen molar-refractivity contribution in [3.8, 4) is 17.6 Å². The van der Waals surface area contributed by atoms with Crippen LogP contribution in [0.4, 0.5) is 0 Å². The molecule has 43 heavy (non-hydrogen) atoms. The fraction of sp³-hybridized carbons (Fsp3) is 0.406. The molecular weight excluding hydrogens is 569 g/mol. The topological polar surface area (TPSA) is 123 Å². The van der Waals surface area contributed by atoms with Gasteiger partial charge in [-0.25, -0.2) is 0 Å². The van der Waals surface area contributed by atoms with Gasteiger partial charge >= 0.3 is 13.1 Å². The average molecular weight is 606 g/mol. The summed E-state index contributed by atoms with van der Waals surface area (Å²) in [4.78, 5) is 14.9. The van der Waals surface area contributed by atoms with Crippen LogP contribution >= 0.6 is 11.6 Å². The van der Waals surface area contributed by atoms with Gasteiger partial charge in [0.15, 0.2) is 0 Å². The number of rotatable bonds is 13. The quantitative estimate of drug-likeness (QED) is 0.197. The highest BCUT2D eigenvalue weighted by atomic mass is 35.5. The van der Waals surface area contributed by atoms with E-state index >= 15 is 0 Å². The first kappa shape index (κ1) is 32.3. The van der Waals surface area contributed by atoms with E-state index < -0.39 is 24.3 Å². The average Bonchev–Trinajstić information content (AvgIpc) is 3.18. The maximum Gasteiger partial charge on any atom is 0.495 e. The lowest BCUT2D eigenvalue weighted by molar-refractivity contribution is -0.137. The van der Waals surface area contributed by atoms with E-state index in [1.165, 1.54) is 6.20 Å². The monoisotopic (exact) mass is 605 g/mol. The summed E-state index contributed by atoms with van der Waals surface area (Å²) in [6, 6.07) is 13.3. The highest BCUT2D eigenvalue weighted by molar-refractivity contribution is 6.62. The lowest BCUT2D eigenvalue weighted by atomic mass is 9.75. The maximum atomic E-state index is 10.8. The van der Waals surface area contributed by atoms with Gasteiger partial charge in [0.1, 0.15) is 30.8 Å². The van der Waals surface area contributed by atoms with E-state index in [0.717, 1.165) is 27.7 Å². The van der Waals surface area contributed by atoms with Gasteiger partial charge in [0.2, 0.25) is 0 Å². The minimum Gasteiger partial charge on any atom is -0.488 e. The number of aromatic nitrogens is 1. The Labute approximate surface area is 258 Å². The van der Waals surface area contributed by atoms with Crippen molar-refractivity contribution in [2.45, 2.75) is 78.4 Å². The molecule has 1 saturated heterocycles. The Morgan fingerprint density at radius 1 is 1.07 bits per heavy atom. The van der Waals surface area contributed by atoms with Crippen LogP contribution in [-0.2, 0) is 33.9 Å². The fourth-order valence-electron chi connectivity index (χ4n) is 4.58. The zero-order chi connectivity index (χ0) is 31.2. The number of aliphatic carboxylic acids is 1. The number of carboxylic acid groups (broad SMARTS) is 1. The van der Waals surface area contributed by atoms with Crippen LogP contribution in [0.1, 0.15) is 68.4 Å². The summed E-state index contributed by atoms with van der Waals surface area (Å²) in [7, 11) is -0.482. The van der Waals surface area contributed by atoms with E-state index in [1.54, 1.807) is 24.4 Å². The van der Waals surface area contributed by atoms with E-state index in [0.29, 0.717) is 41.6 Å². The second kappa shape index (κ2) is 13.8. The Hall–Kier alpha value is -3.62. The van der Waals surface area contributed by atoms with Gasteiger partial charge < -0.3 is 29.2 Å². The number of carboxylic acids is 1. The molecule has 3 aromatic rings. The molecule has 1 fully saturated rings. The van der Waals surface area contributed by atoms with Crippen molar-refractivity contribution in [1.29, 1.82) is 5.26 Å². The smallest absolute Gasteiger partial charge is 0.488 e. The number of nitrogens with one attached hydrogen (secondary N) is 1. The minimum atomic E-state index is -0.833. The van der Waals surface area contributed by atoms with Crippen LogP contribution in [0.2, 0.25) is 5.02 Å². The Balaban J connectivity index is 1.52. The molecule has 4 rings (SSSR count). The first-order valence-corrected chi connectivity index (χ1v) is 14.6. The summed E-state index contributed by atoms with van der Waals surface area (Å²) in [6.07, 6.45) is 3.72. The molecule has 2 N–H and O–H groups in total. The molecule has 0 saturated carbocycles. The van der Waals surface area contributed by atoms with Crippen LogP contribution < -0.4 is 20.3 Å².